The molecule has 0 aromatic heterocycles. The van der Waals surface area contributed by atoms with Crippen LogP contribution in [-0.4, -0.2) is 22.9 Å². The van der Waals surface area contributed by atoms with Gasteiger partial charge in [0.1, 0.15) is 11.5 Å². The average Bonchev–Trinajstić information content (AvgIpc) is 2.52. The molecule has 1 aromatic carbocycles. The van der Waals surface area contributed by atoms with Crippen molar-refractivity contribution in [2.45, 2.75) is 57.7 Å². The quantitative estimate of drug-likeness (QED) is 0.756. The first-order valence-corrected chi connectivity index (χ1v) is 9.73. The Balaban J connectivity index is 2.07. The van der Waals surface area contributed by atoms with Crippen LogP contribution in [0.2, 0.25) is 0 Å². The van der Waals surface area contributed by atoms with Crippen molar-refractivity contribution < 1.29 is 9.84 Å². The number of aliphatic hydroxyl groups is 1. The van der Waals surface area contributed by atoms with E-state index in [0.29, 0.717) is 11.8 Å². The predicted molar refractivity (Wildman–Crippen MR) is 94.9 cm³/mol. The fourth-order valence-electron chi connectivity index (χ4n) is 3.51. The number of rotatable bonds is 6. The Morgan fingerprint density at radius 1 is 1.18 bits per heavy atom. The Morgan fingerprint density at radius 3 is 2.45 bits per heavy atom. The van der Waals surface area contributed by atoms with Crippen LogP contribution < -0.4 is 0 Å². The van der Waals surface area contributed by atoms with Gasteiger partial charge in [-0.2, -0.15) is 0 Å². The highest BCUT2D eigenvalue weighted by atomic mass is 32.2. The van der Waals surface area contributed by atoms with Gasteiger partial charge in [0.15, 0.2) is 0 Å². The molecule has 0 radical (unpaired) electrons. The van der Waals surface area contributed by atoms with Crippen LogP contribution in [0.15, 0.2) is 30.3 Å². The van der Waals surface area contributed by atoms with Gasteiger partial charge in [-0.3, -0.25) is 0 Å². The lowest BCUT2D eigenvalue weighted by molar-refractivity contribution is -0.0852. The monoisotopic (exact) mass is 322 g/mol. The minimum absolute atomic E-state index is 0.195. The summed E-state index contributed by atoms with van der Waals surface area (Å²) in [5.41, 5.74) is 0.741. The van der Waals surface area contributed by atoms with Crippen molar-refractivity contribution in [3.05, 3.63) is 35.9 Å². The molecule has 2 nitrogen and oxygen atoms in total. The van der Waals surface area contributed by atoms with Gasteiger partial charge >= 0.3 is 0 Å². The van der Waals surface area contributed by atoms with Gasteiger partial charge in [0.25, 0.3) is 0 Å². The third kappa shape index (κ3) is 4.50. The van der Waals surface area contributed by atoms with Crippen molar-refractivity contribution >= 4 is 11.8 Å². The Kier molecular flexibility index (Phi) is 6.79. The van der Waals surface area contributed by atoms with E-state index in [0.717, 1.165) is 17.9 Å². The molecule has 124 valence electrons. The van der Waals surface area contributed by atoms with Gasteiger partial charge in [0.2, 0.25) is 0 Å². The maximum Gasteiger partial charge on any atom is 0.133 e. The summed E-state index contributed by atoms with van der Waals surface area (Å²) in [6, 6.07) is 9.86. The summed E-state index contributed by atoms with van der Waals surface area (Å²) in [4.78, 5) is 0. The molecule has 3 heteroatoms. The summed E-state index contributed by atoms with van der Waals surface area (Å²) in [5.74, 6) is 1.96. The van der Waals surface area contributed by atoms with Crippen LogP contribution in [0.25, 0.3) is 0 Å². The topological polar surface area (TPSA) is 29.5 Å². The second-order valence-electron chi connectivity index (χ2n) is 6.96. The highest BCUT2D eigenvalue weighted by molar-refractivity contribution is 7.99. The molecule has 22 heavy (non-hydrogen) atoms. The Morgan fingerprint density at radius 2 is 1.86 bits per heavy atom. The van der Waals surface area contributed by atoms with Crippen molar-refractivity contribution in [2.24, 2.45) is 17.8 Å². The molecule has 0 amide bonds. The van der Waals surface area contributed by atoms with Crippen molar-refractivity contribution in [3.63, 3.8) is 0 Å². The molecule has 1 fully saturated rings. The molecule has 1 saturated carbocycles. The first-order chi connectivity index (χ1) is 10.5. The van der Waals surface area contributed by atoms with E-state index < -0.39 is 6.10 Å². The molecule has 1 aromatic rings. The minimum atomic E-state index is -0.568. The molecule has 0 heterocycles. The van der Waals surface area contributed by atoms with Gasteiger partial charge in [-0.25, -0.2) is 0 Å². The van der Waals surface area contributed by atoms with Gasteiger partial charge in [0.05, 0.1) is 6.10 Å². The van der Waals surface area contributed by atoms with Crippen molar-refractivity contribution in [2.75, 3.05) is 6.26 Å². The number of thioether (sulfide) groups is 1. The third-order valence-electron chi connectivity index (χ3n) is 4.90. The van der Waals surface area contributed by atoms with Crippen LogP contribution in [-0.2, 0) is 4.74 Å². The highest BCUT2D eigenvalue weighted by Crippen LogP contribution is 2.38. The zero-order chi connectivity index (χ0) is 16.1. The van der Waals surface area contributed by atoms with Crippen molar-refractivity contribution in [1.82, 2.24) is 0 Å². The van der Waals surface area contributed by atoms with Gasteiger partial charge in [-0.15, -0.1) is 11.8 Å². The molecular formula is C19H30O2S. The molecule has 5 atom stereocenters. The largest absolute Gasteiger partial charge is 0.385 e. The van der Waals surface area contributed by atoms with E-state index in [1.165, 1.54) is 12.8 Å². The van der Waals surface area contributed by atoms with E-state index in [9.17, 15) is 5.11 Å². The molecule has 1 aliphatic carbocycles. The van der Waals surface area contributed by atoms with Crippen LogP contribution in [0.1, 0.15) is 51.7 Å². The smallest absolute Gasteiger partial charge is 0.133 e. The van der Waals surface area contributed by atoms with Gasteiger partial charge in [0, 0.05) is 0 Å². The lowest BCUT2D eigenvalue weighted by Crippen LogP contribution is -2.37. The lowest BCUT2D eigenvalue weighted by Gasteiger charge is -2.39. The summed E-state index contributed by atoms with van der Waals surface area (Å²) < 4.78 is 6.41. The normalized spacial score (nSPS) is 28.5. The van der Waals surface area contributed by atoms with E-state index in [1.807, 2.05) is 36.6 Å². The van der Waals surface area contributed by atoms with Crippen LogP contribution in [0.5, 0.6) is 0 Å². The standard InChI is InChI=1S/C19H30O2S/c1-13(2)16-11-10-14(3)12-17(16)21-19(22-4)18(20)15-8-6-5-7-9-15/h5-9,13-14,16-20H,10-12H2,1-4H3/t14-,16+,17-,18?,19?/m1/s1. The van der Waals surface area contributed by atoms with Gasteiger partial charge in [-0.1, -0.05) is 57.5 Å². The zero-order valence-electron chi connectivity index (χ0n) is 14.2. The molecule has 0 saturated heterocycles. The van der Waals surface area contributed by atoms with Crippen molar-refractivity contribution in [3.8, 4) is 0 Å². The van der Waals surface area contributed by atoms with E-state index in [2.05, 4.69) is 20.8 Å². The summed E-state index contributed by atoms with van der Waals surface area (Å²) in [6.45, 7) is 6.89. The molecule has 1 aliphatic rings. The van der Waals surface area contributed by atoms with Crippen LogP contribution in [0.4, 0.5) is 0 Å². The molecular weight excluding hydrogens is 292 g/mol. The van der Waals surface area contributed by atoms with E-state index in [-0.39, 0.29) is 11.5 Å². The Bertz CT molecular complexity index is 434. The fraction of sp³-hybridized carbons (Fsp3) is 0.684. The van der Waals surface area contributed by atoms with E-state index >= 15 is 0 Å². The molecule has 0 bridgehead atoms. The lowest BCUT2D eigenvalue weighted by atomic mass is 9.75. The number of hydrogen-bond donors (Lipinski definition) is 1. The molecule has 0 aliphatic heterocycles. The van der Waals surface area contributed by atoms with E-state index in [1.54, 1.807) is 11.8 Å². The third-order valence-corrected chi connectivity index (χ3v) is 5.73. The summed E-state index contributed by atoms with van der Waals surface area (Å²) >= 11 is 1.61. The summed E-state index contributed by atoms with van der Waals surface area (Å²) in [6.07, 6.45) is 5.37. The summed E-state index contributed by atoms with van der Waals surface area (Å²) in [7, 11) is 0. The average molecular weight is 323 g/mol. The van der Waals surface area contributed by atoms with Crippen LogP contribution in [0, 0.1) is 17.8 Å². The Hall–Kier alpha value is -0.510. The number of benzene rings is 1. The number of hydrogen-bond acceptors (Lipinski definition) is 3. The fourth-order valence-corrected chi connectivity index (χ4v) is 4.18. The first kappa shape index (κ1) is 17.8. The molecule has 1 N–H and O–H groups in total. The van der Waals surface area contributed by atoms with Crippen LogP contribution >= 0.6 is 11.8 Å². The highest BCUT2D eigenvalue weighted by Gasteiger charge is 2.34. The zero-order valence-corrected chi connectivity index (χ0v) is 15.1. The van der Waals surface area contributed by atoms with Gasteiger partial charge in [-0.05, 0) is 42.4 Å². The maximum absolute atomic E-state index is 10.7. The minimum Gasteiger partial charge on any atom is -0.385 e. The predicted octanol–water partition coefficient (Wildman–Crippen LogP) is 4.89. The molecule has 2 rings (SSSR count). The summed E-state index contributed by atoms with van der Waals surface area (Å²) in [5, 5.41) is 10.7. The second-order valence-corrected chi connectivity index (χ2v) is 7.90. The maximum atomic E-state index is 10.7. The van der Waals surface area contributed by atoms with Crippen molar-refractivity contribution in [1.29, 1.82) is 0 Å². The number of ether oxygens (including phenoxy) is 1. The molecule has 0 spiro atoms. The molecule has 2 unspecified atom stereocenters. The first-order valence-electron chi connectivity index (χ1n) is 8.44. The second kappa shape index (κ2) is 8.37. The number of aliphatic hydroxyl groups excluding tert-OH is 1. The Labute approximate surface area is 139 Å². The van der Waals surface area contributed by atoms with Gasteiger partial charge < -0.3 is 9.84 Å². The SMILES string of the molecule is CSC(O[C@@H]1C[C@H](C)CC[C@H]1C(C)C)C(O)c1ccccc1. The van der Waals surface area contributed by atoms with E-state index in [4.69, 9.17) is 4.74 Å². The van der Waals surface area contributed by atoms with Crippen LogP contribution in [0.3, 0.4) is 0 Å².